The molecule has 0 aliphatic carbocycles. The van der Waals surface area contributed by atoms with Crippen molar-refractivity contribution in [3.63, 3.8) is 0 Å². The predicted octanol–water partition coefficient (Wildman–Crippen LogP) is 4.93. The van der Waals surface area contributed by atoms with Crippen LogP contribution in [-0.4, -0.2) is 19.5 Å². The largest absolute Gasteiger partial charge is 0.361 e. The Labute approximate surface area is 154 Å². The SMILES string of the molecule is Cc1noc(C)c1CSc1nc2ccccc2c2nc3ccccc3n12. The third-order valence-electron chi connectivity index (χ3n) is 4.64. The first-order chi connectivity index (χ1) is 12.7. The van der Waals surface area contributed by atoms with Gasteiger partial charge in [-0.2, -0.15) is 0 Å². The molecule has 0 radical (unpaired) electrons. The second-order valence-corrected chi connectivity index (χ2v) is 7.20. The van der Waals surface area contributed by atoms with Crippen LogP contribution in [0.5, 0.6) is 0 Å². The molecule has 6 heteroatoms. The summed E-state index contributed by atoms with van der Waals surface area (Å²) in [6.07, 6.45) is 0. The predicted molar refractivity (Wildman–Crippen MR) is 104 cm³/mol. The zero-order valence-electron chi connectivity index (χ0n) is 14.4. The van der Waals surface area contributed by atoms with Gasteiger partial charge in [-0.3, -0.25) is 4.40 Å². The second-order valence-electron chi connectivity index (χ2n) is 6.26. The highest BCUT2D eigenvalue weighted by atomic mass is 32.2. The van der Waals surface area contributed by atoms with Gasteiger partial charge in [-0.05, 0) is 38.1 Å². The van der Waals surface area contributed by atoms with Crippen molar-refractivity contribution >= 4 is 39.3 Å². The number of para-hydroxylation sites is 3. The lowest BCUT2D eigenvalue weighted by molar-refractivity contribution is 0.392. The van der Waals surface area contributed by atoms with Crippen LogP contribution in [0.15, 0.2) is 58.2 Å². The van der Waals surface area contributed by atoms with Crippen molar-refractivity contribution < 1.29 is 4.52 Å². The summed E-state index contributed by atoms with van der Waals surface area (Å²) < 4.78 is 7.45. The number of thioether (sulfide) groups is 1. The molecule has 0 bridgehead atoms. The van der Waals surface area contributed by atoms with E-state index in [2.05, 4.69) is 21.7 Å². The van der Waals surface area contributed by atoms with Crippen LogP contribution in [0.4, 0.5) is 0 Å². The highest BCUT2D eigenvalue weighted by Gasteiger charge is 2.16. The summed E-state index contributed by atoms with van der Waals surface area (Å²) in [5.74, 6) is 1.62. The van der Waals surface area contributed by atoms with E-state index in [0.29, 0.717) is 0 Å². The molecule has 2 aromatic carbocycles. The van der Waals surface area contributed by atoms with Crippen LogP contribution in [-0.2, 0) is 5.75 Å². The topological polar surface area (TPSA) is 56.2 Å². The highest BCUT2D eigenvalue weighted by molar-refractivity contribution is 7.98. The Morgan fingerprint density at radius 1 is 0.962 bits per heavy atom. The Balaban J connectivity index is 1.74. The van der Waals surface area contributed by atoms with E-state index in [-0.39, 0.29) is 0 Å². The Morgan fingerprint density at radius 3 is 2.54 bits per heavy atom. The van der Waals surface area contributed by atoms with Gasteiger partial charge < -0.3 is 4.52 Å². The van der Waals surface area contributed by atoms with Gasteiger partial charge >= 0.3 is 0 Å². The molecular weight excluding hydrogens is 344 g/mol. The summed E-state index contributed by atoms with van der Waals surface area (Å²) in [4.78, 5) is 9.78. The molecule has 3 heterocycles. The molecule has 0 saturated heterocycles. The minimum absolute atomic E-state index is 0.758. The zero-order valence-corrected chi connectivity index (χ0v) is 15.2. The van der Waals surface area contributed by atoms with Crippen LogP contribution in [0.25, 0.3) is 27.6 Å². The van der Waals surface area contributed by atoms with E-state index < -0.39 is 0 Å². The molecule has 0 N–H and O–H groups in total. The number of hydrogen-bond acceptors (Lipinski definition) is 5. The molecule has 0 unspecified atom stereocenters. The van der Waals surface area contributed by atoms with Crippen LogP contribution in [0.1, 0.15) is 17.0 Å². The number of imidazole rings is 1. The first-order valence-corrected chi connectivity index (χ1v) is 9.41. The third kappa shape index (κ3) is 2.29. The molecule has 0 atom stereocenters. The van der Waals surface area contributed by atoms with E-state index in [1.165, 1.54) is 0 Å². The molecule has 3 aromatic heterocycles. The van der Waals surface area contributed by atoms with Crippen LogP contribution < -0.4 is 0 Å². The molecule has 5 rings (SSSR count). The van der Waals surface area contributed by atoms with E-state index in [4.69, 9.17) is 14.5 Å². The molecule has 26 heavy (non-hydrogen) atoms. The summed E-state index contributed by atoms with van der Waals surface area (Å²) >= 11 is 1.68. The Bertz CT molecular complexity index is 1250. The second kappa shape index (κ2) is 5.85. The van der Waals surface area contributed by atoms with Gasteiger partial charge in [0.25, 0.3) is 0 Å². The van der Waals surface area contributed by atoms with E-state index in [1.54, 1.807) is 11.8 Å². The number of benzene rings is 2. The molecule has 128 valence electrons. The van der Waals surface area contributed by atoms with E-state index in [0.717, 1.165) is 55.5 Å². The van der Waals surface area contributed by atoms with Crippen molar-refractivity contribution in [1.82, 2.24) is 19.5 Å². The van der Waals surface area contributed by atoms with Gasteiger partial charge in [-0.15, -0.1) is 0 Å². The maximum absolute atomic E-state index is 5.29. The van der Waals surface area contributed by atoms with Crippen LogP contribution in [0, 0.1) is 13.8 Å². The maximum atomic E-state index is 5.29. The standard InChI is InChI=1S/C20H16N4OS/c1-12-15(13(2)25-23-12)11-26-20-22-16-8-4-3-7-14(16)19-21-17-9-5-6-10-18(17)24(19)20/h3-10H,11H2,1-2H3. The molecular formula is C20H16N4OS. The van der Waals surface area contributed by atoms with Gasteiger partial charge in [0.2, 0.25) is 0 Å². The van der Waals surface area contributed by atoms with Gasteiger partial charge in [0, 0.05) is 16.7 Å². The normalized spacial score (nSPS) is 11.8. The Morgan fingerprint density at radius 2 is 1.73 bits per heavy atom. The molecule has 5 nitrogen and oxygen atoms in total. The van der Waals surface area contributed by atoms with Gasteiger partial charge in [0.1, 0.15) is 11.4 Å². The van der Waals surface area contributed by atoms with E-state index in [9.17, 15) is 0 Å². The van der Waals surface area contributed by atoms with Crippen LogP contribution in [0.2, 0.25) is 0 Å². The Kier molecular flexibility index (Phi) is 3.46. The van der Waals surface area contributed by atoms with Crippen molar-refractivity contribution in [3.8, 4) is 0 Å². The van der Waals surface area contributed by atoms with Gasteiger partial charge in [0.15, 0.2) is 5.16 Å². The number of nitrogens with zero attached hydrogens (tertiary/aromatic N) is 4. The summed E-state index contributed by atoms with van der Waals surface area (Å²) in [5.41, 5.74) is 6.01. The number of rotatable bonds is 3. The minimum atomic E-state index is 0.758. The summed E-state index contributed by atoms with van der Waals surface area (Å²) in [7, 11) is 0. The fourth-order valence-corrected chi connectivity index (χ4v) is 4.42. The quantitative estimate of drug-likeness (QED) is 0.337. The summed E-state index contributed by atoms with van der Waals surface area (Å²) in [6, 6.07) is 16.3. The van der Waals surface area contributed by atoms with E-state index >= 15 is 0 Å². The van der Waals surface area contributed by atoms with Crippen molar-refractivity contribution in [3.05, 3.63) is 65.5 Å². The van der Waals surface area contributed by atoms with Gasteiger partial charge in [-0.1, -0.05) is 41.2 Å². The lowest BCUT2D eigenvalue weighted by Crippen LogP contribution is -1.97. The molecule has 0 fully saturated rings. The average Bonchev–Trinajstić information content (AvgIpc) is 3.20. The third-order valence-corrected chi connectivity index (χ3v) is 5.61. The monoisotopic (exact) mass is 360 g/mol. The lowest BCUT2D eigenvalue weighted by Gasteiger charge is -2.08. The molecule has 0 saturated carbocycles. The molecule has 0 aliphatic heterocycles. The average molecular weight is 360 g/mol. The minimum Gasteiger partial charge on any atom is -0.361 e. The van der Waals surface area contributed by atoms with Gasteiger partial charge in [0.05, 0.1) is 22.2 Å². The smallest absolute Gasteiger partial charge is 0.175 e. The first kappa shape index (κ1) is 15.4. The first-order valence-electron chi connectivity index (χ1n) is 8.43. The molecule has 0 spiro atoms. The molecule has 5 aromatic rings. The maximum Gasteiger partial charge on any atom is 0.175 e. The van der Waals surface area contributed by atoms with Crippen molar-refractivity contribution in [2.24, 2.45) is 0 Å². The fraction of sp³-hybridized carbons (Fsp3) is 0.150. The van der Waals surface area contributed by atoms with Crippen molar-refractivity contribution in [2.75, 3.05) is 0 Å². The lowest BCUT2D eigenvalue weighted by atomic mass is 10.2. The van der Waals surface area contributed by atoms with Gasteiger partial charge in [-0.25, -0.2) is 9.97 Å². The van der Waals surface area contributed by atoms with E-state index in [1.807, 2.05) is 50.2 Å². The van der Waals surface area contributed by atoms with Crippen molar-refractivity contribution in [1.29, 1.82) is 0 Å². The Hall–Kier alpha value is -2.86. The zero-order chi connectivity index (χ0) is 17.7. The van der Waals surface area contributed by atoms with Crippen LogP contribution >= 0.6 is 11.8 Å². The fourth-order valence-electron chi connectivity index (χ4n) is 3.26. The number of aromatic nitrogens is 4. The number of hydrogen-bond donors (Lipinski definition) is 0. The molecule has 0 aliphatic rings. The number of fused-ring (bicyclic) bond motifs is 5. The summed E-state index contributed by atoms with van der Waals surface area (Å²) in [5, 5.41) is 6.04. The summed E-state index contributed by atoms with van der Waals surface area (Å²) in [6.45, 7) is 3.92. The number of aryl methyl sites for hydroxylation is 2. The molecule has 0 amide bonds. The highest BCUT2D eigenvalue weighted by Crippen LogP contribution is 2.31. The van der Waals surface area contributed by atoms with Crippen molar-refractivity contribution in [2.45, 2.75) is 24.8 Å². The van der Waals surface area contributed by atoms with Crippen LogP contribution in [0.3, 0.4) is 0 Å².